The second-order valence-corrected chi connectivity index (χ2v) is 11.1. The van der Waals surface area contributed by atoms with E-state index < -0.39 is 0 Å². The molecule has 0 amide bonds. The lowest BCUT2D eigenvalue weighted by Gasteiger charge is -2.17. The SMILES string of the molecule is COC1=CC(=O)C(OC)=C(CCCCCCCCCC#CCCCCCCCCCC2=C(OC)C(=O)C=C(OC)C2=O)C1=O. The van der Waals surface area contributed by atoms with Crippen LogP contribution in [0, 0.1) is 11.8 Å². The second kappa shape index (κ2) is 21.2. The van der Waals surface area contributed by atoms with Crippen LogP contribution in [0.25, 0.3) is 0 Å². The Kier molecular flexibility index (Phi) is 17.6. The van der Waals surface area contributed by atoms with Crippen molar-refractivity contribution in [1.29, 1.82) is 0 Å². The monoisotopic (exact) mass is 610 g/mol. The van der Waals surface area contributed by atoms with Crippen LogP contribution in [-0.4, -0.2) is 51.6 Å². The Morgan fingerprint density at radius 1 is 0.455 bits per heavy atom. The molecule has 0 heterocycles. The Labute approximate surface area is 263 Å². The molecule has 2 aliphatic rings. The molecule has 0 aromatic carbocycles. The molecule has 0 bridgehead atoms. The van der Waals surface area contributed by atoms with E-state index in [-0.39, 0.29) is 46.2 Å². The van der Waals surface area contributed by atoms with E-state index in [1.165, 1.54) is 66.3 Å². The van der Waals surface area contributed by atoms with Crippen LogP contribution in [0.3, 0.4) is 0 Å². The molecule has 0 aromatic heterocycles. The second-order valence-electron chi connectivity index (χ2n) is 11.1. The van der Waals surface area contributed by atoms with Crippen LogP contribution < -0.4 is 0 Å². The van der Waals surface area contributed by atoms with Crippen LogP contribution in [0.15, 0.2) is 46.3 Å². The summed E-state index contributed by atoms with van der Waals surface area (Å²) in [7, 11) is 5.64. The maximum absolute atomic E-state index is 12.5. The minimum absolute atomic E-state index is 0.0869. The van der Waals surface area contributed by atoms with Crippen molar-refractivity contribution in [2.24, 2.45) is 0 Å². The van der Waals surface area contributed by atoms with Crippen molar-refractivity contribution in [1.82, 2.24) is 0 Å². The maximum atomic E-state index is 12.5. The first kappa shape index (κ1) is 36.6. The summed E-state index contributed by atoms with van der Waals surface area (Å²) < 4.78 is 20.4. The first-order valence-electron chi connectivity index (χ1n) is 16.1. The summed E-state index contributed by atoms with van der Waals surface area (Å²) in [6, 6.07) is 0. The zero-order chi connectivity index (χ0) is 32.2. The van der Waals surface area contributed by atoms with Crippen LogP contribution in [0.4, 0.5) is 0 Å². The van der Waals surface area contributed by atoms with E-state index in [1.807, 2.05) is 0 Å². The standard InChI is InChI=1S/C36H50O8/c1-41-31-25-29(37)35(43-3)27(33(31)39)23-21-19-17-15-13-11-9-7-5-6-8-10-12-14-16-18-20-22-24-28-34(40)32(42-2)26-30(38)36(28)44-4/h25-26H,7-24H2,1-4H3. The largest absolute Gasteiger partial charge is 0.493 e. The van der Waals surface area contributed by atoms with Gasteiger partial charge in [-0.25, -0.2) is 0 Å². The van der Waals surface area contributed by atoms with Crippen molar-refractivity contribution in [2.45, 2.75) is 116 Å². The number of unbranched alkanes of at least 4 members (excludes halogenated alkanes) is 14. The van der Waals surface area contributed by atoms with Gasteiger partial charge in [-0.2, -0.15) is 0 Å². The fraction of sp³-hybridized carbons (Fsp3) is 0.611. The summed E-state index contributed by atoms with van der Waals surface area (Å²) in [5.41, 5.74) is 0.853. The maximum Gasteiger partial charge on any atom is 0.227 e. The highest BCUT2D eigenvalue weighted by atomic mass is 16.5. The van der Waals surface area contributed by atoms with E-state index in [0.29, 0.717) is 24.0 Å². The van der Waals surface area contributed by atoms with E-state index in [2.05, 4.69) is 11.8 Å². The van der Waals surface area contributed by atoms with Gasteiger partial charge >= 0.3 is 0 Å². The Morgan fingerprint density at radius 2 is 0.773 bits per heavy atom. The van der Waals surface area contributed by atoms with Crippen LogP contribution in [-0.2, 0) is 38.1 Å². The van der Waals surface area contributed by atoms with Gasteiger partial charge < -0.3 is 18.9 Å². The highest BCUT2D eigenvalue weighted by molar-refractivity contribution is 6.21. The Hall–Kier alpha value is -3.60. The molecule has 0 spiro atoms. The van der Waals surface area contributed by atoms with Crippen molar-refractivity contribution in [3.8, 4) is 11.8 Å². The molecule has 0 unspecified atom stereocenters. The lowest BCUT2D eigenvalue weighted by atomic mass is 9.94. The van der Waals surface area contributed by atoms with Crippen LogP contribution >= 0.6 is 0 Å². The van der Waals surface area contributed by atoms with Gasteiger partial charge in [0.15, 0.2) is 23.0 Å². The minimum Gasteiger partial charge on any atom is -0.493 e. The number of Topliss-reactive ketones (excluding diaryl/α,β-unsaturated/α-hetero) is 2. The number of allylic oxidation sites excluding steroid dienone is 4. The number of rotatable bonds is 22. The van der Waals surface area contributed by atoms with Gasteiger partial charge in [-0.05, 0) is 38.5 Å². The molecule has 242 valence electrons. The minimum atomic E-state index is -0.308. The van der Waals surface area contributed by atoms with Crippen LogP contribution in [0.5, 0.6) is 0 Å². The fourth-order valence-electron chi connectivity index (χ4n) is 5.48. The van der Waals surface area contributed by atoms with E-state index in [4.69, 9.17) is 18.9 Å². The van der Waals surface area contributed by atoms with Gasteiger partial charge in [-0.15, -0.1) is 11.8 Å². The Bertz CT molecular complexity index is 1100. The van der Waals surface area contributed by atoms with E-state index in [0.717, 1.165) is 77.0 Å². The van der Waals surface area contributed by atoms with E-state index in [9.17, 15) is 19.2 Å². The topological polar surface area (TPSA) is 105 Å². The number of ketones is 4. The van der Waals surface area contributed by atoms with Gasteiger partial charge in [0.25, 0.3) is 0 Å². The van der Waals surface area contributed by atoms with Gasteiger partial charge in [0.2, 0.25) is 23.1 Å². The fourth-order valence-corrected chi connectivity index (χ4v) is 5.48. The quantitative estimate of drug-likeness (QED) is 0.0721. The molecule has 0 fully saturated rings. The summed E-state index contributed by atoms with van der Waals surface area (Å²) >= 11 is 0. The molecule has 0 aliphatic heterocycles. The average Bonchev–Trinajstić information content (AvgIpc) is 3.02. The first-order valence-corrected chi connectivity index (χ1v) is 16.1. The van der Waals surface area contributed by atoms with Gasteiger partial charge in [-0.1, -0.05) is 64.2 Å². The summed E-state index contributed by atoms with van der Waals surface area (Å²) in [6.45, 7) is 0. The molecular weight excluding hydrogens is 560 g/mol. The highest BCUT2D eigenvalue weighted by Crippen LogP contribution is 2.26. The lowest BCUT2D eigenvalue weighted by Crippen LogP contribution is -2.21. The number of carbonyl (C=O) groups is 4. The summed E-state index contributed by atoms with van der Waals surface area (Å²) in [4.78, 5) is 49.1. The van der Waals surface area contributed by atoms with Gasteiger partial charge in [0.05, 0.1) is 28.4 Å². The van der Waals surface area contributed by atoms with Gasteiger partial charge in [0, 0.05) is 36.1 Å². The summed E-state index contributed by atoms with van der Waals surface area (Å²) in [5, 5.41) is 0. The predicted molar refractivity (Wildman–Crippen MR) is 169 cm³/mol. The zero-order valence-corrected chi connectivity index (χ0v) is 27.1. The van der Waals surface area contributed by atoms with Crippen molar-refractivity contribution in [2.75, 3.05) is 28.4 Å². The van der Waals surface area contributed by atoms with Crippen molar-refractivity contribution < 1.29 is 38.1 Å². The molecule has 2 rings (SSSR count). The third kappa shape index (κ3) is 11.8. The molecule has 8 heteroatoms. The molecule has 8 nitrogen and oxygen atoms in total. The van der Waals surface area contributed by atoms with Crippen molar-refractivity contribution in [3.05, 3.63) is 46.3 Å². The molecule has 0 atom stereocenters. The number of ether oxygens (including phenoxy) is 4. The van der Waals surface area contributed by atoms with E-state index in [1.54, 1.807) is 0 Å². The molecule has 0 saturated carbocycles. The number of hydrogen-bond acceptors (Lipinski definition) is 8. The third-order valence-electron chi connectivity index (χ3n) is 7.95. The van der Waals surface area contributed by atoms with Crippen molar-refractivity contribution in [3.63, 3.8) is 0 Å². The van der Waals surface area contributed by atoms with Crippen LogP contribution in [0.1, 0.15) is 116 Å². The van der Waals surface area contributed by atoms with Crippen molar-refractivity contribution >= 4 is 23.1 Å². The Balaban J connectivity index is 1.42. The molecule has 0 N–H and O–H groups in total. The third-order valence-corrected chi connectivity index (χ3v) is 7.95. The molecule has 44 heavy (non-hydrogen) atoms. The Morgan fingerprint density at radius 3 is 1.09 bits per heavy atom. The first-order chi connectivity index (χ1) is 21.4. The zero-order valence-electron chi connectivity index (χ0n) is 27.1. The molecule has 0 aromatic rings. The molecule has 2 aliphatic carbocycles. The van der Waals surface area contributed by atoms with Gasteiger partial charge in [0.1, 0.15) is 0 Å². The number of methoxy groups -OCH3 is 4. The summed E-state index contributed by atoms with van der Waals surface area (Å²) in [6.07, 6.45) is 20.6. The predicted octanol–water partition coefficient (Wildman–Crippen LogP) is 7.18. The molecule has 0 radical (unpaired) electrons. The summed E-state index contributed by atoms with van der Waals surface area (Å²) in [5.74, 6) is 5.98. The normalized spacial score (nSPS) is 15.2. The number of carbonyl (C=O) groups excluding carboxylic acids is 4. The van der Waals surface area contributed by atoms with Gasteiger partial charge in [-0.3, -0.25) is 19.2 Å². The number of hydrogen-bond donors (Lipinski definition) is 0. The van der Waals surface area contributed by atoms with Crippen LogP contribution in [0.2, 0.25) is 0 Å². The molecular formula is C36H50O8. The van der Waals surface area contributed by atoms with E-state index >= 15 is 0 Å². The highest BCUT2D eigenvalue weighted by Gasteiger charge is 2.30. The lowest BCUT2D eigenvalue weighted by molar-refractivity contribution is -0.120. The average molecular weight is 611 g/mol. The smallest absolute Gasteiger partial charge is 0.227 e. The molecule has 0 saturated heterocycles.